The number of rotatable bonds is 5. The van der Waals surface area contributed by atoms with E-state index in [0.29, 0.717) is 37.5 Å². The van der Waals surface area contributed by atoms with Crippen molar-refractivity contribution in [1.82, 2.24) is 19.5 Å². The lowest BCUT2D eigenvalue weighted by Gasteiger charge is -2.29. The molecule has 140 valence electrons. The van der Waals surface area contributed by atoms with E-state index in [2.05, 4.69) is 20.5 Å². The number of H-pyrrole nitrogens is 1. The average molecular weight is 379 g/mol. The molecule has 0 saturated carbocycles. The molecule has 0 aliphatic carbocycles. The van der Waals surface area contributed by atoms with Gasteiger partial charge in [-0.15, -0.1) is 5.10 Å². The maximum Gasteiger partial charge on any atom is 0.249 e. The van der Waals surface area contributed by atoms with Gasteiger partial charge in [-0.25, -0.2) is 12.7 Å². The molecule has 1 aromatic carbocycles. The van der Waals surface area contributed by atoms with Crippen molar-refractivity contribution in [3.63, 3.8) is 0 Å². The molecule has 2 N–H and O–H groups in total. The number of anilines is 1. The van der Waals surface area contributed by atoms with E-state index in [1.807, 2.05) is 24.3 Å². The number of hydrogen-bond acceptors (Lipinski definition) is 6. The second-order valence-corrected chi connectivity index (χ2v) is 8.12. The molecule has 0 radical (unpaired) electrons. The van der Waals surface area contributed by atoms with Gasteiger partial charge >= 0.3 is 0 Å². The predicted molar refractivity (Wildman–Crippen MR) is 96.1 cm³/mol. The molecule has 9 nitrogen and oxygen atoms in total. The highest BCUT2D eigenvalue weighted by molar-refractivity contribution is 7.88. The molecule has 2 heterocycles. The Bertz CT molecular complexity index is 888. The number of amides is 1. The van der Waals surface area contributed by atoms with Crippen molar-refractivity contribution < 1.29 is 17.9 Å². The summed E-state index contributed by atoms with van der Waals surface area (Å²) in [6.45, 7) is 0.689. The third-order valence-corrected chi connectivity index (χ3v) is 5.68. The Morgan fingerprint density at radius 2 is 2.00 bits per heavy atom. The van der Waals surface area contributed by atoms with Crippen molar-refractivity contribution >= 4 is 21.9 Å². The van der Waals surface area contributed by atoms with Gasteiger partial charge in [0.1, 0.15) is 5.75 Å². The number of hydrogen-bond donors (Lipinski definition) is 2. The quantitative estimate of drug-likeness (QED) is 0.803. The zero-order valence-electron chi connectivity index (χ0n) is 14.6. The molecule has 2 aromatic rings. The van der Waals surface area contributed by atoms with Crippen LogP contribution in [-0.4, -0.2) is 60.3 Å². The van der Waals surface area contributed by atoms with E-state index in [0.717, 1.165) is 5.56 Å². The number of benzene rings is 1. The van der Waals surface area contributed by atoms with Crippen LogP contribution in [0.5, 0.6) is 5.75 Å². The Morgan fingerprint density at radius 1 is 1.31 bits per heavy atom. The normalized spacial score (nSPS) is 16.4. The third-order valence-electron chi connectivity index (χ3n) is 4.38. The topological polar surface area (TPSA) is 117 Å². The van der Waals surface area contributed by atoms with Crippen molar-refractivity contribution in [3.05, 3.63) is 24.3 Å². The minimum absolute atomic E-state index is 0.182. The van der Waals surface area contributed by atoms with Gasteiger partial charge in [-0.05, 0) is 25.0 Å². The van der Waals surface area contributed by atoms with Crippen LogP contribution in [-0.2, 0) is 14.8 Å². The van der Waals surface area contributed by atoms with E-state index < -0.39 is 10.0 Å². The molecule has 1 aliphatic rings. The number of para-hydroxylation sites is 1. The Morgan fingerprint density at radius 3 is 2.65 bits per heavy atom. The first-order chi connectivity index (χ1) is 12.4. The van der Waals surface area contributed by atoms with Crippen molar-refractivity contribution in [3.8, 4) is 17.1 Å². The largest absolute Gasteiger partial charge is 0.496 e. The summed E-state index contributed by atoms with van der Waals surface area (Å²) in [7, 11) is -1.64. The number of aromatic nitrogens is 3. The smallest absolute Gasteiger partial charge is 0.249 e. The van der Waals surface area contributed by atoms with Gasteiger partial charge in [-0.3, -0.25) is 15.2 Å². The van der Waals surface area contributed by atoms with E-state index in [-0.39, 0.29) is 17.8 Å². The molecule has 1 aromatic heterocycles. The molecular weight excluding hydrogens is 358 g/mol. The number of piperidine rings is 1. The number of ether oxygens (including phenoxy) is 1. The lowest BCUT2D eigenvalue weighted by Crippen LogP contribution is -2.41. The fraction of sp³-hybridized carbons (Fsp3) is 0.438. The van der Waals surface area contributed by atoms with E-state index >= 15 is 0 Å². The first-order valence-electron chi connectivity index (χ1n) is 8.20. The molecule has 26 heavy (non-hydrogen) atoms. The summed E-state index contributed by atoms with van der Waals surface area (Å²) >= 11 is 0. The summed E-state index contributed by atoms with van der Waals surface area (Å²) in [5.74, 6) is 0.853. The fourth-order valence-corrected chi connectivity index (χ4v) is 3.81. The molecule has 10 heteroatoms. The van der Waals surface area contributed by atoms with Crippen LogP contribution in [0.25, 0.3) is 11.4 Å². The van der Waals surface area contributed by atoms with Gasteiger partial charge in [-0.2, -0.15) is 4.98 Å². The summed E-state index contributed by atoms with van der Waals surface area (Å²) in [4.78, 5) is 16.7. The number of nitrogens with zero attached hydrogens (tertiary/aromatic N) is 3. The van der Waals surface area contributed by atoms with Gasteiger partial charge < -0.3 is 4.74 Å². The monoisotopic (exact) mass is 379 g/mol. The Kier molecular flexibility index (Phi) is 5.23. The van der Waals surface area contributed by atoms with Gasteiger partial charge in [0.05, 0.1) is 18.9 Å². The van der Waals surface area contributed by atoms with Crippen molar-refractivity contribution in [2.24, 2.45) is 5.92 Å². The van der Waals surface area contributed by atoms with Gasteiger partial charge in [-0.1, -0.05) is 12.1 Å². The third kappa shape index (κ3) is 4.02. The first kappa shape index (κ1) is 18.3. The highest BCUT2D eigenvalue weighted by atomic mass is 32.2. The zero-order valence-corrected chi connectivity index (χ0v) is 15.4. The molecule has 3 rings (SSSR count). The minimum atomic E-state index is -3.21. The van der Waals surface area contributed by atoms with Crippen molar-refractivity contribution in [2.75, 3.05) is 31.8 Å². The van der Waals surface area contributed by atoms with E-state index in [1.165, 1.54) is 10.6 Å². The van der Waals surface area contributed by atoms with Crippen LogP contribution in [0.1, 0.15) is 12.8 Å². The summed E-state index contributed by atoms with van der Waals surface area (Å²) < 4.78 is 29.8. The molecule has 0 unspecified atom stereocenters. The molecule has 1 saturated heterocycles. The lowest BCUT2D eigenvalue weighted by atomic mass is 9.97. The highest BCUT2D eigenvalue weighted by Gasteiger charge is 2.29. The molecular formula is C16H21N5O4S. The maximum atomic E-state index is 12.4. The lowest BCUT2D eigenvalue weighted by molar-refractivity contribution is -0.121. The Hall–Kier alpha value is -2.46. The second kappa shape index (κ2) is 7.42. The number of sulfonamides is 1. The standard InChI is InChI=1S/C16H21N5O4S/c1-25-13-6-4-3-5-12(13)14-17-16(20-19-14)18-15(22)11-7-9-21(10-8-11)26(2,23)24/h3-6,11H,7-10H2,1-2H3,(H2,17,18,19,20,22). The zero-order chi connectivity index (χ0) is 18.7. The van der Waals surface area contributed by atoms with Crippen LogP contribution in [0.2, 0.25) is 0 Å². The Balaban J connectivity index is 1.64. The maximum absolute atomic E-state index is 12.4. The number of carbonyl (C=O) groups is 1. The van der Waals surface area contributed by atoms with E-state index in [4.69, 9.17) is 4.74 Å². The molecule has 1 amide bonds. The van der Waals surface area contributed by atoms with Crippen LogP contribution >= 0.6 is 0 Å². The molecule has 1 aliphatic heterocycles. The number of aromatic amines is 1. The summed E-state index contributed by atoms with van der Waals surface area (Å²) in [5, 5.41) is 9.51. The van der Waals surface area contributed by atoms with Crippen molar-refractivity contribution in [1.29, 1.82) is 0 Å². The Labute approximate surface area is 151 Å². The SMILES string of the molecule is COc1ccccc1-c1nc(NC(=O)C2CCN(S(C)(=O)=O)CC2)n[nH]1. The number of carbonyl (C=O) groups excluding carboxylic acids is 1. The summed E-state index contributed by atoms with van der Waals surface area (Å²) in [6, 6.07) is 7.36. The van der Waals surface area contributed by atoms with Crippen LogP contribution < -0.4 is 10.1 Å². The highest BCUT2D eigenvalue weighted by Crippen LogP contribution is 2.27. The predicted octanol–water partition coefficient (Wildman–Crippen LogP) is 1.09. The second-order valence-electron chi connectivity index (χ2n) is 6.13. The molecule has 1 fully saturated rings. The summed E-state index contributed by atoms with van der Waals surface area (Å²) in [6.07, 6.45) is 2.13. The van der Waals surface area contributed by atoms with E-state index in [1.54, 1.807) is 7.11 Å². The van der Waals surface area contributed by atoms with Gasteiger partial charge in [0.2, 0.25) is 21.9 Å². The van der Waals surface area contributed by atoms with Crippen LogP contribution in [0.15, 0.2) is 24.3 Å². The first-order valence-corrected chi connectivity index (χ1v) is 10.0. The molecule has 0 atom stereocenters. The van der Waals surface area contributed by atoms with Gasteiger partial charge in [0.25, 0.3) is 0 Å². The van der Waals surface area contributed by atoms with Gasteiger partial charge in [0.15, 0.2) is 5.82 Å². The molecule has 0 spiro atoms. The summed E-state index contributed by atoms with van der Waals surface area (Å²) in [5.41, 5.74) is 0.740. The number of methoxy groups -OCH3 is 1. The van der Waals surface area contributed by atoms with Crippen LogP contribution in [0, 0.1) is 5.92 Å². The van der Waals surface area contributed by atoms with Crippen molar-refractivity contribution in [2.45, 2.75) is 12.8 Å². The van der Waals surface area contributed by atoms with Crippen LogP contribution in [0.4, 0.5) is 5.95 Å². The fourth-order valence-electron chi connectivity index (χ4n) is 2.94. The number of nitrogens with one attached hydrogen (secondary N) is 2. The molecule has 0 bridgehead atoms. The minimum Gasteiger partial charge on any atom is -0.496 e. The average Bonchev–Trinajstić information content (AvgIpc) is 3.09. The van der Waals surface area contributed by atoms with Gasteiger partial charge in [0, 0.05) is 19.0 Å². The van der Waals surface area contributed by atoms with E-state index in [9.17, 15) is 13.2 Å². The van der Waals surface area contributed by atoms with Crippen LogP contribution in [0.3, 0.4) is 0 Å².